The third-order valence-electron chi connectivity index (χ3n) is 5.77. The molecule has 2 aromatic rings. The van der Waals surface area contributed by atoms with Gasteiger partial charge in [-0.15, -0.1) is 0 Å². The Morgan fingerprint density at radius 2 is 1.94 bits per heavy atom. The van der Waals surface area contributed by atoms with Gasteiger partial charge in [0.15, 0.2) is 12.2 Å². The normalized spacial score (nSPS) is 20.1. The first-order chi connectivity index (χ1) is 16.9. The molecule has 184 valence electrons. The van der Waals surface area contributed by atoms with E-state index < -0.39 is 36.3 Å². The van der Waals surface area contributed by atoms with E-state index >= 15 is 0 Å². The van der Waals surface area contributed by atoms with Gasteiger partial charge in [-0.05, 0) is 36.6 Å². The van der Waals surface area contributed by atoms with Crippen LogP contribution in [0.5, 0.6) is 0 Å². The smallest absolute Gasteiger partial charge is 0.410 e. The van der Waals surface area contributed by atoms with Crippen molar-refractivity contribution in [1.82, 2.24) is 4.90 Å². The Bertz CT molecular complexity index is 1140. The van der Waals surface area contributed by atoms with Crippen molar-refractivity contribution in [1.29, 1.82) is 0 Å². The van der Waals surface area contributed by atoms with E-state index in [1.165, 1.54) is 24.2 Å². The van der Waals surface area contributed by atoms with Crippen molar-refractivity contribution in [2.75, 3.05) is 13.7 Å². The van der Waals surface area contributed by atoms with Crippen molar-refractivity contribution in [2.24, 2.45) is 0 Å². The number of amides is 1. The number of carbonyl (C=O) groups excluding carboxylic acids is 3. The van der Waals surface area contributed by atoms with Gasteiger partial charge in [0.25, 0.3) is 0 Å². The number of esters is 2. The number of ether oxygens (including phenoxy) is 4. The highest BCUT2D eigenvalue weighted by molar-refractivity contribution is 6.33. The van der Waals surface area contributed by atoms with Gasteiger partial charge in [0.2, 0.25) is 0 Å². The molecular formula is C25H23Cl2NO7. The molecule has 0 aromatic heterocycles. The molecule has 2 unspecified atom stereocenters. The van der Waals surface area contributed by atoms with Crippen molar-refractivity contribution in [3.63, 3.8) is 0 Å². The van der Waals surface area contributed by atoms with Gasteiger partial charge in [0, 0.05) is 22.2 Å². The minimum atomic E-state index is -1.14. The van der Waals surface area contributed by atoms with Crippen molar-refractivity contribution in [3.8, 4) is 0 Å². The minimum absolute atomic E-state index is 0.0821. The predicted octanol–water partition coefficient (Wildman–Crippen LogP) is 4.83. The maximum atomic E-state index is 13.3. The second-order valence-electron chi connectivity index (χ2n) is 8.02. The first kappa shape index (κ1) is 24.9. The van der Waals surface area contributed by atoms with Crippen molar-refractivity contribution in [3.05, 3.63) is 81.5 Å². The van der Waals surface area contributed by atoms with Crippen LogP contribution < -0.4 is 0 Å². The Balaban J connectivity index is 1.53. The SMILES string of the molecule is COC1=CC(=O)OC1C(OC(=O)[C@@H]1CCCN1C(=O)OCc1ccccc1)c1cc(Cl)ccc1Cl. The second-order valence-corrected chi connectivity index (χ2v) is 8.87. The van der Waals surface area contributed by atoms with E-state index in [4.69, 9.17) is 42.1 Å². The minimum Gasteiger partial charge on any atom is -0.497 e. The van der Waals surface area contributed by atoms with E-state index in [1.54, 1.807) is 12.1 Å². The van der Waals surface area contributed by atoms with Gasteiger partial charge in [-0.3, -0.25) is 4.90 Å². The Hall–Kier alpha value is -3.23. The van der Waals surface area contributed by atoms with Crippen LogP contribution in [-0.2, 0) is 35.1 Å². The lowest BCUT2D eigenvalue weighted by Crippen LogP contribution is -2.43. The molecule has 10 heteroatoms. The van der Waals surface area contributed by atoms with Crippen molar-refractivity contribution in [2.45, 2.75) is 37.7 Å². The standard InChI is InChI=1S/C25H23Cl2NO7/c1-32-20-13-21(29)34-23(20)22(17-12-16(26)9-10-18(17)27)35-24(30)19-8-5-11-28(19)25(31)33-14-15-6-3-2-4-7-15/h2-4,6-7,9-10,12-13,19,22-23H,5,8,11,14H2,1H3/t19-,22?,23?/m0/s1. The zero-order chi connectivity index (χ0) is 24.9. The topological polar surface area (TPSA) is 91.4 Å². The molecular weight excluding hydrogens is 497 g/mol. The maximum Gasteiger partial charge on any atom is 0.410 e. The fourth-order valence-corrected chi connectivity index (χ4v) is 4.46. The van der Waals surface area contributed by atoms with E-state index in [0.29, 0.717) is 30.0 Å². The molecule has 1 fully saturated rings. The number of cyclic esters (lactones) is 1. The van der Waals surface area contributed by atoms with E-state index in [1.807, 2.05) is 30.3 Å². The Kier molecular flexibility index (Phi) is 7.83. The lowest BCUT2D eigenvalue weighted by atomic mass is 10.0. The third-order valence-corrected chi connectivity index (χ3v) is 6.35. The number of likely N-dealkylation sites (tertiary alicyclic amines) is 1. The van der Waals surface area contributed by atoms with Gasteiger partial charge in [0.05, 0.1) is 13.2 Å². The van der Waals surface area contributed by atoms with E-state index in [0.717, 1.165) is 5.56 Å². The zero-order valence-electron chi connectivity index (χ0n) is 18.8. The fraction of sp³-hybridized carbons (Fsp3) is 0.320. The lowest BCUT2D eigenvalue weighted by molar-refractivity contribution is -0.166. The highest BCUT2D eigenvalue weighted by Gasteiger charge is 2.43. The number of halogens is 2. The molecule has 0 saturated carbocycles. The zero-order valence-corrected chi connectivity index (χ0v) is 20.3. The molecule has 2 aliphatic rings. The number of rotatable bonds is 7. The van der Waals surface area contributed by atoms with Crippen LogP contribution in [0.15, 0.2) is 60.4 Å². The molecule has 4 rings (SSSR count). The lowest BCUT2D eigenvalue weighted by Gasteiger charge is -2.29. The van der Waals surface area contributed by atoms with Gasteiger partial charge < -0.3 is 18.9 Å². The summed E-state index contributed by atoms with van der Waals surface area (Å²) in [4.78, 5) is 39.3. The summed E-state index contributed by atoms with van der Waals surface area (Å²) in [6, 6.07) is 13.0. The first-order valence-corrected chi connectivity index (χ1v) is 11.7. The second kappa shape index (κ2) is 11.0. The molecule has 2 aliphatic heterocycles. The summed E-state index contributed by atoms with van der Waals surface area (Å²) < 4.78 is 21.9. The van der Waals surface area contributed by atoms with Crippen molar-refractivity contribution < 1.29 is 33.3 Å². The summed E-state index contributed by atoms with van der Waals surface area (Å²) in [6.45, 7) is 0.427. The third kappa shape index (κ3) is 5.71. The van der Waals surface area contributed by atoms with Crippen LogP contribution in [0.2, 0.25) is 10.0 Å². The summed E-state index contributed by atoms with van der Waals surface area (Å²) in [5, 5.41) is 0.612. The van der Waals surface area contributed by atoms with Gasteiger partial charge in [-0.25, -0.2) is 14.4 Å². The highest BCUT2D eigenvalue weighted by atomic mass is 35.5. The van der Waals surface area contributed by atoms with Crippen LogP contribution in [0.3, 0.4) is 0 Å². The Morgan fingerprint density at radius 3 is 2.69 bits per heavy atom. The largest absolute Gasteiger partial charge is 0.497 e. The summed E-state index contributed by atoms with van der Waals surface area (Å²) >= 11 is 12.5. The van der Waals surface area contributed by atoms with Gasteiger partial charge in [-0.1, -0.05) is 53.5 Å². The Labute approximate surface area is 212 Å². The molecule has 2 aromatic carbocycles. The first-order valence-electron chi connectivity index (χ1n) is 11.0. The molecule has 0 N–H and O–H groups in total. The summed E-state index contributed by atoms with van der Waals surface area (Å²) in [5.41, 5.74) is 1.17. The summed E-state index contributed by atoms with van der Waals surface area (Å²) in [6.07, 6.45) is -0.652. The fourth-order valence-electron chi connectivity index (χ4n) is 4.06. The molecule has 0 bridgehead atoms. The van der Waals surface area contributed by atoms with E-state index in [9.17, 15) is 14.4 Å². The molecule has 0 spiro atoms. The predicted molar refractivity (Wildman–Crippen MR) is 127 cm³/mol. The number of hydrogen-bond acceptors (Lipinski definition) is 7. The number of carbonyl (C=O) groups is 3. The quantitative estimate of drug-likeness (QED) is 0.381. The molecule has 35 heavy (non-hydrogen) atoms. The molecule has 0 aliphatic carbocycles. The van der Waals surface area contributed by atoms with E-state index in [-0.39, 0.29) is 17.4 Å². The van der Waals surface area contributed by atoms with E-state index in [2.05, 4.69) is 0 Å². The van der Waals surface area contributed by atoms with Crippen LogP contribution >= 0.6 is 23.2 Å². The molecule has 8 nitrogen and oxygen atoms in total. The highest BCUT2D eigenvalue weighted by Crippen LogP contribution is 2.38. The number of benzene rings is 2. The van der Waals surface area contributed by atoms with Crippen LogP contribution in [0, 0.1) is 0 Å². The van der Waals surface area contributed by atoms with Crippen LogP contribution in [0.1, 0.15) is 30.1 Å². The molecule has 2 heterocycles. The summed E-state index contributed by atoms with van der Waals surface area (Å²) in [5.74, 6) is -1.15. The number of nitrogens with zero attached hydrogens (tertiary/aromatic N) is 1. The van der Waals surface area contributed by atoms with Crippen LogP contribution in [-0.4, -0.2) is 48.7 Å². The molecule has 0 radical (unpaired) electrons. The molecule has 3 atom stereocenters. The van der Waals surface area contributed by atoms with Crippen molar-refractivity contribution >= 4 is 41.2 Å². The average molecular weight is 520 g/mol. The summed E-state index contributed by atoms with van der Waals surface area (Å²) in [7, 11) is 1.38. The van der Waals surface area contributed by atoms with Gasteiger partial charge >= 0.3 is 18.0 Å². The molecule has 1 amide bonds. The van der Waals surface area contributed by atoms with Crippen LogP contribution in [0.25, 0.3) is 0 Å². The average Bonchev–Trinajstić information content (AvgIpc) is 3.50. The number of hydrogen-bond donors (Lipinski definition) is 0. The molecule has 1 saturated heterocycles. The van der Waals surface area contributed by atoms with Gasteiger partial charge in [0.1, 0.15) is 18.4 Å². The Morgan fingerprint density at radius 1 is 1.17 bits per heavy atom. The maximum absolute atomic E-state index is 13.3. The monoisotopic (exact) mass is 519 g/mol. The number of methoxy groups -OCH3 is 1. The van der Waals surface area contributed by atoms with Crippen LogP contribution in [0.4, 0.5) is 4.79 Å². The van der Waals surface area contributed by atoms with Gasteiger partial charge in [-0.2, -0.15) is 0 Å².